The number of rotatable bonds is 7. The third-order valence-electron chi connectivity index (χ3n) is 1.56. The van der Waals surface area contributed by atoms with E-state index in [1.807, 2.05) is 0 Å². The van der Waals surface area contributed by atoms with Gasteiger partial charge >= 0.3 is 5.97 Å². The fraction of sp³-hybridized carbons (Fsp3) is 0.556. The lowest BCUT2D eigenvalue weighted by Gasteiger charge is -2.11. The quantitative estimate of drug-likeness (QED) is 0.352. The molecule has 15 heavy (non-hydrogen) atoms. The molecule has 0 aliphatic carbocycles. The summed E-state index contributed by atoms with van der Waals surface area (Å²) in [7, 11) is 1.27. The molecule has 0 rings (SSSR count). The van der Waals surface area contributed by atoms with Crippen LogP contribution in [-0.2, 0) is 14.3 Å². The summed E-state index contributed by atoms with van der Waals surface area (Å²) in [5.41, 5.74) is 0. The lowest BCUT2D eigenvalue weighted by atomic mass is 10.3. The van der Waals surface area contributed by atoms with Gasteiger partial charge in [0.25, 0.3) is 0 Å². The number of carboxylic acids is 1. The van der Waals surface area contributed by atoms with Gasteiger partial charge in [-0.2, -0.15) is 0 Å². The number of methoxy groups -OCH3 is 1. The first kappa shape index (κ1) is 13.4. The van der Waals surface area contributed by atoms with Crippen molar-refractivity contribution in [2.24, 2.45) is 0 Å². The third kappa shape index (κ3) is 6.49. The summed E-state index contributed by atoms with van der Waals surface area (Å²) in [4.78, 5) is 21.6. The number of hydrogen-bond donors (Lipinski definition) is 3. The highest BCUT2D eigenvalue weighted by atomic mass is 16.5. The van der Waals surface area contributed by atoms with Crippen LogP contribution >= 0.6 is 0 Å². The Labute approximate surface area is 88.0 Å². The van der Waals surface area contributed by atoms with Gasteiger partial charge in [-0.05, 0) is 0 Å². The molecule has 0 aromatic heterocycles. The van der Waals surface area contributed by atoms with E-state index in [-0.39, 0.29) is 19.0 Å². The van der Waals surface area contributed by atoms with Gasteiger partial charge in [0.2, 0.25) is 5.91 Å². The van der Waals surface area contributed by atoms with Gasteiger partial charge in [-0.3, -0.25) is 10.1 Å². The highest BCUT2D eigenvalue weighted by Crippen LogP contribution is 1.87. The van der Waals surface area contributed by atoms with Crippen LogP contribution in [0.15, 0.2) is 0 Å². The van der Waals surface area contributed by atoms with E-state index in [4.69, 9.17) is 11.5 Å². The number of ether oxygens (including phenoxy) is 1. The van der Waals surface area contributed by atoms with Crippen LogP contribution in [0.25, 0.3) is 0 Å². The van der Waals surface area contributed by atoms with Gasteiger partial charge in [0.1, 0.15) is 0 Å². The van der Waals surface area contributed by atoms with Crippen LogP contribution in [0.4, 0.5) is 0 Å². The maximum Gasteiger partial charge on any atom is 0.334 e. The molecule has 1 atom stereocenters. The van der Waals surface area contributed by atoms with Crippen molar-refractivity contribution in [1.29, 1.82) is 0 Å². The molecule has 0 aliphatic rings. The molecule has 0 aromatic carbocycles. The van der Waals surface area contributed by atoms with Crippen molar-refractivity contribution >= 4 is 11.9 Å². The number of carbonyl (C=O) groups is 2. The molecule has 0 saturated carbocycles. The number of carbonyl (C=O) groups excluding carboxylic acids is 1. The summed E-state index contributed by atoms with van der Waals surface area (Å²) < 4.78 is 4.62. The Kier molecular flexibility index (Phi) is 6.97. The van der Waals surface area contributed by atoms with Crippen molar-refractivity contribution in [1.82, 2.24) is 10.6 Å². The molecule has 0 aromatic rings. The fourth-order valence-corrected chi connectivity index (χ4v) is 0.789. The second-order valence-electron chi connectivity index (χ2n) is 2.67. The van der Waals surface area contributed by atoms with Gasteiger partial charge in [-0.15, -0.1) is 6.42 Å². The van der Waals surface area contributed by atoms with Gasteiger partial charge in [0.15, 0.2) is 6.10 Å². The summed E-state index contributed by atoms with van der Waals surface area (Å²) in [6, 6.07) is 0. The number of terminal acetylenes is 1. The van der Waals surface area contributed by atoms with E-state index in [0.29, 0.717) is 6.54 Å². The van der Waals surface area contributed by atoms with E-state index in [2.05, 4.69) is 21.3 Å². The van der Waals surface area contributed by atoms with Crippen molar-refractivity contribution in [3.05, 3.63) is 0 Å². The lowest BCUT2D eigenvalue weighted by Crippen LogP contribution is -2.41. The summed E-state index contributed by atoms with van der Waals surface area (Å²) >= 11 is 0. The SMILES string of the molecule is C#CCNCC(=O)NCC(OC)C(=O)O. The first-order valence-electron chi connectivity index (χ1n) is 4.28. The summed E-state index contributed by atoms with van der Waals surface area (Å²) in [6.07, 6.45) is 3.93. The Bertz CT molecular complexity index is 259. The molecule has 6 heteroatoms. The number of aliphatic carboxylic acids is 1. The highest BCUT2D eigenvalue weighted by molar-refractivity contribution is 5.79. The molecule has 84 valence electrons. The van der Waals surface area contributed by atoms with Gasteiger partial charge in [0, 0.05) is 7.11 Å². The minimum absolute atomic E-state index is 0.0558. The zero-order valence-electron chi connectivity index (χ0n) is 8.45. The van der Waals surface area contributed by atoms with Crippen molar-refractivity contribution in [3.8, 4) is 12.3 Å². The second-order valence-corrected chi connectivity index (χ2v) is 2.67. The Morgan fingerprint density at radius 1 is 1.60 bits per heavy atom. The maximum atomic E-state index is 11.1. The zero-order valence-corrected chi connectivity index (χ0v) is 8.45. The first-order valence-corrected chi connectivity index (χ1v) is 4.28. The molecule has 0 fully saturated rings. The summed E-state index contributed by atoms with van der Waals surface area (Å²) in [5.74, 6) is 0.866. The van der Waals surface area contributed by atoms with E-state index in [0.717, 1.165) is 0 Å². The standard InChI is InChI=1S/C9H14N2O4/c1-3-4-10-6-8(12)11-5-7(15-2)9(13)14/h1,7,10H,4-6H2,2H3,(H,11,12)(H,13,14). The van der Waals surface area contributed by atoms with Gasteiger partial charge in [-0.1, -0.05) is 5.92 Å². The first-order chi connectivity index (χ1) is 7.11. The molecular weight excluding hydrogens is 200 g/mol. The van der Waals surface area contributed by atoms with Gasteiger partial charge in [0.05, 0.1) is 19.6 Å². The molecule has 3 N–H and O–H groups in total. The van der Waals surface area contributed by atoms with Crippen LogP contribution in [0.1, 0.15) is 0 Å². The Morgan fingerprint density at radius 2 is 2.27 bits per heavy atom. The van der Waals surface area contributed by atoms with Crippen molar-refractivity contribution in [3.63, 3.8) is 0 Å². The van der Waals surface area contributed by atoms with Crippen LogP contribution < -0.4 is 10.6 Å². The van der Waals surface area contributed by atoms with Gasteiger partial charge < -0.3 is 15.2 Å². The number of hydrogen-bond acceptors (Lipinski definition) is 4. The van der Waals surface area contributed by atoms with E-state index in [1.54, 1.807) is 0 Å². The minimum atomic E-state index is -1.12. The molecule has 1 unspecified atom stereocenters. The third-order valence-corrected chi connectivity index (χ3v) is 1.56. The minimum Gasteiger partial charge on any atom is -0.479 e. The van der Waals surface area contributed by atoms with Crippen LogP contribution in [0, 0.1) is 12.3 Å². The maximum absolute atomic E-state index is 11.1. The average Bonchev–Trinajstić information content (AvgIpc) is 2.18. The van der Waals surface area contributed by atoms with E-state index >= 15 is 0 Å². The fourth-order valence-electron chi connectivity index (χ4n) is 0.789. The molecule has 0 radical (unpaired) electrons. The largest absolute Gasteiger partial charge is 0.479 e. The number of nitrogens with one attached hydrogen (secondary N) is 2. The molecular formula is C9H14N2O4. The molecule has 1 amide bonds. The number of carboxylic acid groups (broad SMARTS) is 1. The highest BCUT2D eigenvalue weighted by Gasteiger charge is 2.16. The normalized spacial score (nSPS) is 11.5. The van der Waals surface area contributed by atoms with E-state index < -0.39 is 12.1 Å². The van der Waals surface area contributed by atoms with E-state index in [1.165, 1.54) is 7.11 Å². The van der Waals surface area contributed by atoms with Crippen molar-refractivity contribution < 1.29 is 19.4 Å². The molecule has 0 heterocycles. The summed E-state index contributed by atoms with van der Waals surface area (Å²) in [6.45, 7) is 0.280. The Morgan fingerprint density at radius 3 is 2.73 bits per heavy atom. The van der Waals surface area contributed by atoms with Gasteiger partial charge in [-0.25, -0.2) is 4.79 Å². The molecule has 0 bridgehead atoms. The molecule has 6 nitrogen and oxygen atoms in total. The van der Waals surface area contributed by atoms with Crippen LogP contribution in [0.5, 0.6) is 0 Å². The molecule has 0 spiro atoms. The second kappa shape index (κ2) is 7.79. The zero-order chi connectivity index (χ0) is 11.7. The predicted molar refractivity (Wildman–Crippen MR) is 53.1 cm³/mol. The molecule has 0 aliphatic heterocycles. The Hall–Kier alpha value is -1.58. The van der Waals surface area contributed by atoms with Crippen LogP contribution in [0.3, 0.4) is 0 Å². The lowest BCUT2D eigenvalue weighted by molar-refractivity contribution is -0.148. The van der Waals surface area contributed by atoms with Crippen LogP contribution in [0.2, 0.25) is 0 Å². The summed E-state index contributed by atoms with van der Waals surface area (Å²) in [5, 5.41) is 13.6. The number of amides is 1. The predicted octanol–water partition coefficient (Wildman–Crippen LogP) is -1.57. The Balaban J connectivity index is 3.70. The topological polar surface area (TPSA) is 87.7 Å². The molecule has 0 saturated heterocycles. The van der Waals surface area contributed by atoms with Crippen molar-refractivity contribution in [2.45, 2.75) is 6.10 Å². The van der Waals surface area contributed by atoms with E-state index in [9.17, 15) is 9.59 Å². The van der Waals surface area contributed by atoms with Crippen LogP contribution in [-0.4, -0.2) is 49.8 Å². The average molecular weight is 214 g/mol. The smallest absolute Gasteiger partial charge is 0.334 e. The monoisotopic (exact) mass is 214 g/mol. The van der Waals surface area contributed by atoms with Crippen molar-refractivity contribution in [2.75, 3.05) is 26.7 Å².